The lowest BCUT2D eigenvalue weighted by atomic mass is 9.69. The smallest absolute Gasteiger partial charge is 0.271 e. The highest BCUT2D eigenvalue weighted by Gasteiger charge is 2.34. The van der Waals surface area contributed by atoms with Crippen molar-refractivity contribution in [2.45, 2.75) is 42.4 Å². The number of carbonyl (C=O) groups is 1. The number of halogens is 1. The third-order valence-electron chi connectivity index (χ3n) is 5.65. The number of nitrogens with zero attached hydrogens (tertiary/aromatic N) is 1. The standard InChI is InChI=1S/C21H23FN2O5S/c1-30(28,29)19-12-15(11-18(13-19)24(26)27)20(25)23-14-21(9-3-2-4-10-21)16-5-7-17(22)8-6-16/h5-8,11-13H,2-4,9-10,14H2,1H3,(H,23,25). The molecular weight excluding hydrogens is 411 g/mol. The monoisotopic (exact) mass is 434 g/mol. The van der Waals surface area contributed by atoms with Crippen molar-refractivity contribution in [1.29, 1.82) is 0 Å². The van der Waals surface area contributed by atoms with E-state index in [4.69, 9.17) is 0 Å². The Morgan fingerprint density at radius 3 is 2.33 bits per heavy atom. The second-order valence-corrected chi connectivity index (χ2v) is 9.79. The number of benzene rings is 2. The molecule has 1 N–H and O–H groups in total. The van der Waals surface area contributed by atoms with Crippen LogP contribution in [0.2, 0.25) is 0 Å². The van der Waals surface area contributed by atoms with Crippen molar-refractivity contribution in [2.24, 2.45) is 0 Å². The molecule has 0 aromatic heterocycles. The molecule has 0 aliphatic heterocycles. The lowest BCUT2D eigenvalue weighted by Gasteiger charge is -2.38. The number of nitro groups is 1. The van der Waals surface area contributed by atoms with Crippen molar-refractivity contribution < 1.29 is 22.5 Å². The minimum absolute atomic E-state index is 0.0882. The fourth-order valence-electron chi connectivity index (χ4n) is 3.98. The van der Waals surface area contributed by atoms with Crippen molar-refractivity contribution in [3.05, 3.63) is 69.5 Å². The van der Waals surface area contributed by atoms with Gasteiger partial charge in [0.1, 0.15) is 5.82 Å². The summed E-state index contributed by atoms with van der Waals surface area (Å²) in [7, 11) is -3.73. The van der Waals surface area contributed by atoms with Crippen molar-refractivity contribution in [3.8, 4) is 0 Å². The van der Waals surface area contributed by atoms with Gasteiger partial charge in [0.15, 0.2) is 9.84 Å². The Bertz CT molecular complexity index is 1060. The van der Waals surface area contributed by atoms with E-state index in [2.05, 4.69) is 5.32 Å². The van der Waals surface area contributed by atoms with E-state index in [0.29, 0.717) is 0 Å². The number of carbonyl (C=O) groups excluding carboxylic acids is 1. The van der Waals surface area contributed by atoms with E-state index in [0.717, 1.165) is 62.1 Å². The van der Waals surface area contributed by atoms with Gasteiger partial charge >= 0.3 is 0 Å². The summed E-state index contributed by atoms with van der Waals surface area (Å²) in [6.45, 7) is 0.272. The van der Waals surface area contributed by atoms with Gasteiger partial charge in [0.2, 0.25) is 0 Å². The quantitative estimate of drug-likeness (QED) is 0.550. The van der Waals surface area contributed by atoms with Gasteiger partial charge in [0, 0.05) is 35.9 Å². The Hall–Kier alpha value is -2.81. The molecular formula is C21H23FN2O5S. The Labute approximate surface area is 174 Å². The van der Waals surface area contributed by atoms with E-state index in [-0.39, 0.29) is 28.2 Å². The van der Waals surface area contributed by atoms with Crippen molar-refractivity contribution in [3.63, 3.8) is 0 Å². The number of hydrogen-bond acceptors (Lipinski definition) is 5. The summed E-state index contributed by atoms with van der Waals surface area (Å²) < 4.78 is 37.1. The van der Waals surface area contributed by atoms with Gasteiger partial charge < -0.3 is 5.32 Å². The molecule has 1 saturated carbocycles. The highest BCUT2D eigenvalue weighted by atomic mass is 32.2. The Kier molecular flexibility index (Phi) is 6.21. The van der Waals surface area contributed by atoms with Crippen molar-refractivity contribution in [2.75, 3.05) is 12.8 Å². The van der Waals surface area contributed by atoms with Crippen LogP contribution < -0.4 is 5.32 Å². The Morgan fingerprint density at radius 2 is 1.77 bits per heavy atom. The predicted octanol–water partition coefficient (Wildman–Crippen LogP) is 3.77. The molecule has 30 heavy (non-hydrogen) atoms. The number of nitro benzene ring substituents is 1. The minimum atomic E-state index is -3.73. The number of amides is 1. The zero-order valence-electron chi connectivity index (χ0n) is 16.6. The lowest BCUT2D eigenvalue weighted by molar-refractivity contribution is -0.385. The minimum Gasteiger partial charge on any atom is -0.351 e. The van der Waals surface area contributed by atoms with Gasteiger partial charge in [0.25, 0.3) is 11.6 Å². The summed E-state index contributed by atoms with van der Waals surface area (Å²) in [5, 5.41) is 14.0. The molecule has 9 heteroatoms. The van der Waals surface area contributed by atoms with Crippen LogP contribution in [0.15, 0.2) is 47.4 Å². The normalized spacial score (nSPS) is 16.1. The molecule has 0 radical (unpaired) electrons. The van der Waals surface area contributed by atoms with Crippen LogP contribution in [0.3, 0.4) is 0 Å². The number of hydrogen-bond donors (Lipinski definition) is 1. The van der Waals surface area contributed by atoms with Crippen LogP contribution in [-0.4, -0.2) is 32.0 Å². The van der Waals surface area contributed by atoms with Gasteiger partial charge in [0.05, 0.1) is 9.82 Å². The molecule has 0 saturated heterocycles. The van der Waals surface area contributed by atoms with Crippen LogP contribution >= 0.6 is 0 Å². The topological polar surface area (TPSA) is 106 Å². The van der Waals surface area contributed by atoms with Gasteiger partial charge in [-0.15, -0.1) is 0 Å². The maximum absolute atomic E-state index is 13.4. The molecule has 0 spiro atoms. The summed E-state index contributed by atoms with van der Waals surface area (Å²) in [6.07, 6.45) is 5.61. The first kappa shape index (κ1) is 21.9. The average Bonchev–Trinajstić information content (AvgIpc) is 2.72. The van der Waals surface area contributed by atoms with E-state index in [1.165, 1.54) is 12.1 Å². The Balaban J connectivity index is 1.88. The van der Waals surface area contributed by atoms with Crippen LogP contribution in [0.25, 0.3) is 0 Å². The Morgan fingerprint density at radius 1 is 1.13 bits per heavy atom. The molecule has 7 nitrogen and oxygen atoms in total. The van der Waals surface area contributed by atoms with Gasteiger partial charge in [-0.25, -0.2) is 12.8 Å². The maximum Gasteiger partial charge on any atom is 0.271 e. The molecule has 1 aliphatic rings. The van der Waals surface area contributed by atoms with E-state index >= 15 is 0 Å². The highest BCUT2D eigenvalue weighted by molar-refractivity contribution is 7.90. The molecule has 160 valence electrons. The van der Waals surface area contributed by atoms with Crippen LogP contribution in [0.5, 0.6) is 0 Å². The zero-order valence-corrected chi connectivity index (χ0v) is 17.4. The summed E-state index contributed by atoms with van der Waals surface area (Å²) in [5.41, 5.74) is 0.0191. The summed E-state index contributed by atoms with van der Waals surface area (Å²) in [6, 6.07) is 9.38. The number of non-ortho nitro benzene ring substituents is 1. The molecule has 0 bridgehead atoms. The second-order valence-electron chi connectivity index (χ2n) is 7.78. The third-order valence-corrected chi connectivity index (χ3v) is 6.74. The molecule has 1 amide bonds. The fourth-order valence-corrected chi connectivity index (χ4v) is 4.66. The number of rotatable bonds is 6. The summed E-state index contributed by atoms with van der Waals surface area (Å²) >= 11 is 0. The van der Waals surface area contributed by atoms with Crippen LogP contribution in [-0.2, 0) is 15.3 Å². The maximum atomic E-state index is 13.4. The van der Waals surface area contributed by atoms with Crippen LogP contribution in [0.4, 0.5) is 10.1 Å². The van der Waals surface area contributed by atoms with Crippen LogP contribution in [0, 0.1) is 15.9 Å². The summed E-state index contributed by atoms with van der Waals surface area (Å²) in [5.74, 6) is -0.922. The van der Waals surface area contributed by atoms with Gasteiger partial charge in [-0.2, -0.15) is 0 Å². The molecule has 1 aliphatic carbocycles. The first-order chi connectivity index (χ1) is 14.1. The lowest BCUT2D eigenvalue weighted by Crippen LogP contribution is -2.42. The molecule has 2 aromatic carbocycles. The third kappa shape index (κ3) is 4.84. The van der Waals surface area contributed by atoms with E-state index in [1.807, 2.05) is 0 Å². The second kappa shape index (κ2) is 8.51. The number of sulfone groups is 1. The first-order valence-corrected chi connectivity index (χ1v) is 11.5. The zero-order chi connectivity index (χ0) is 21.9. The average molecular weight is 434 g/mol. The highest BCUT2D eigenvalue weighted by Crippen LogP contribution is 2.39. The summed E-state index contributed by atoms with van der Waals surface area (Å²) in [4.78, 5) is 22.9. The molecule has 3 rings (SSSR count). The molecule has 2 aromatic rings. The molecule has 0 heterocycles. The van der Waals surface area contributed by atoms with Crippen LogP contribution in [0.1, 0.15) is 48.0 Å². The fraction of sp³-hybridized carbons (Fsp3) is 0.381. The largest absolute Gasteiger partial charge is 0.351 e. The van der Waals surface area contributed by atoms with Crippen molar-refractivity contribution in [1.82, 2.24) is 5.32 Å². The number of nitrogens with one attached hydrogen (secondary N) is 1. The van der Waals surface area contributed by atoms with E-state index < -0.39 is 26.4 Å². The molecule has 1 fully saturated rings. The van der Waals surface area contributed by atoms with E-state index in [9.17, 15) is 27.7 Å². The SMILES string of the molecule is CS(=O)(=O)c1cc(C(=O)NCC2(c3ccc(F)cc3)CCCCC2)cc([N+](=O)[O-])c1. The first-order valence-electron chi connectivity index (χ1n) is 9.65. The van der Waals surface area contributed by atoms with Gasteiger partial charge in [-0.1, -0.05) is 31.4 Å². The van der Waals surface area contributed by atoms with Gasteiger partial charge in [-0.05, 0) is 36.6 Å². The predicted molar refractivity (Wildman–Crippen MR) is 110 cm³/mol. The van der Waals surface area contributed by atoms with Crippen molar-refractivity contribution >= 4 is 21.4 Å². The molecule has 0 atom stereocenters. The van der Waals surface area contributed by atoms with E-state index in [1.54, 1.807) is 12.1 Å². The molecule has 0 unspecified atom stereocenters. The van der Waals surface area contributed by atoms with Gasteiger partial charge in [-0.3, -0.25) is 14.9 Å².